The van der Waals surface area contributed by atoms with E-state index in [-0.39, 0.29) is 18.4 Å². The van der Waals surface area contributed by atoms with Crippen molar-refractivity contribution < 1.29 is 14.6 Å². The minimum absolute atomic E-state index is 0.0208. The molecule has 2 aliphatic heterocycles. The first kappa shape index (κ1) is 16.2. The van der Waals surface area contributed by atoms with E-state index in [1.807, 2.05) is 0 Å². The molecule has 0 amide bonds. The Hall–Kier alpha value is -0.200. The van der Waals surface area contributed by atoms with Gasteiger partial charge in [0.25, 0.3) is 0 Å². The molecule has 20 heavy (non-hydrogen) atoms. The maximum Gasteiger partial charge on any atom is 0.157 e. The highest BCUT2D eigenvalue weighted by Gasteiger charge is 2.32. The van der Waals surface area contributed by atoms with Gasteiger partial charge in [0.1, 0.15) is 0 Å². The molecule has 5 nitrogen and oxygen atoms in total. The molecule has 2 aliphatic rings. The van der Waals surface area contributed by atoms with Crippen molar-refractivity contribution in [2.75, 3.05) is 52.5 Å². The first-order valence-corrected chi connectivity index (χ1v) is 7.93. The standard InChI is InChI=1S/C15H30N2O3/c1-15(2)13-16(6-7-17(15)8-10-18)9-12-20-14-5-3-4-11-19-14/h14,18H,3-13H2,1-2H3. The van der Waals surface area contributed by atoms with Gasteiger partial charge in [-0.1, -0.05) is 0 Å². The number of hydrogen-bond acceptors (Lipinski definition) is 5. The molecule has 2 fully saturated rings. The highest BCUT2D eigenvalue weighted by atomic mass is 16.7. The van der Waals surface area contributed by atoms with E-state index in [4.69, 9.17) is 14.6 Å². The monoisotopic (exact) mass is 286 g/mol. The molecule has 0 spiro atoms. The van der Waals surface area contributed by atoms with Gasteiger partial charge in [0, 0.05) is 44.9 Å². The van der Waals surface area contributed by atoms with E-state index >= 15 is 0 Å². The molecule has 0 aliphatic carbocycles. The molecule has 1 atom stereocenters. The predicted octanol–water partition coefficient (Wildman–Crippen LogP) is 0.918. The van der Waals surface area contributed by atoms with Crippen LogP contribution in [0.5, 0.6) is 0 Å². The van der Waals surface area contributed by atoms with Crippen molar-refractivity contribution in [3.63, 3.8) is 0 Å². The lowest BCUT2D eigenvalue weighted by molar-refractivity contribution is -0.165. The Morgan fingerprint density at radius 2 is 2.10 bits per heavy atom. The first-order chi connectivity index (χ1) is 9.62. The Labute approximate surface area is 122 Å². The SMILES string of the molecule is CC1(C)CN(CCOC2CCCCO2)CCN1CCO. The van der Waals surface area contributed by atoms with Gasteiger partial charge in [-0.05, 0) is 33.1 Å². The fraction of sp³-hybridized carbons (Fsp3) is 1.00. The van der Waals surface area contributed by atoms with Crippen LogP contribution in [0.1, 0.15) is 33.1 Å². The summed E-state index contributed by atoms with van der Waals surface area (Å²) < 4.78 is 11.4. The largest absolute Gasteiger partial charge is 0.395 e. The molecule has 5 heteroatoms. The fourth-order valence-electron chi connectivity index (χ4n) is 3.17. The molecule has 2 heterocycles. The van der Waals surface area contributed by atoms with Crippen LogP contribution >= 0.6 is 0 Å². The van der Waals surface area contributed by atoms with E-state index < -0.39 is 0 Å². The number of β-amino-alcohol motifs (C(OH)–C–C–N with tert-alkyl or cyclic N) is 1. The Kier molecular flexibility index (Phi) is 6.23. The van der Waals surface area contributed by atoms with Crippen molar-refractivity contribution in [1.29, 1.82) is 0 Å². The fourth-order valence-corrected chi connectivity index (χ4v) is 3.17. The molecule has 1 unspecified atom stereocenters. The van der Waals surface area contributed by atoms with E-state index in [1.165, 1.54) is 12.8 Å². The summed E-state index contributed by atoms with van der Waals surface area (Å²) in [5, 5.41) is 9.11. The molecule has 118 valence electrons. The lowest BCUT2D eigenvalue weighted by Crippen LogP contribution is -2.60. The molecular formula is C15H30N2O3. The summed E-state index contributed by atoms with van der Waals surface area (Å²) in [6.07, 6.45) is 3.45. The summed E-state index contributed by atoms with van der Waals surface area (Å²) in [5.41, 5.74) is 0.127. The van der Waals surface area contributed by atoms with Crippen LogP contribution in [0.2, 0.25) is 0 Å². The van der Waals surface area contributed by atoms with Crippen molar-refractivity contribution >= 4 is 0 Å². The van der Waals surface area contributed by atoms with Crippen LogP contribution in [-0.4, -0.2) is 79.3 Å². The van der Waals surface area contributed by atoms with Gasteiger partial charge >= 0.3 is 0 Å². The average molecular weight is 286 g/mol. The number of aliphatic hydroxyl groups excluding tert-OH is 1. The third kappa shape index (κ3) is 4.67. The number of nitrogens with zero attached hydrogens (tertiary/aromatic N) is 2. The number of hydrogen-bond donors (Lipinski definition) is 1. The maximum atomic E-state index is 9.11. The number of rotatable bonds is 6. The average Bonchev–Trinajstić information content (AvgIpc) is 2.43. The van der Waals surface area contributed by atoms with Crippen LogP contribution in [0.25, 0.3) is 0 Å². The second-order valence-corrected chi connectivity index (χ2v) is 6.47. The Morgan fingerprint density at radius 3 is 2.75 bits per heavy atom. The molecule has 0 aromatic rings. The van der Waals surface area contributed by atoms with E-state index in [1.54, 1.807) is 0 Å². The topological polar surface area (TPSA) is 45.2 Å². The highest BCUT2D eigenvalue weighted by Crippen LogP contribution is 2.20. The summed E-state index contributed by atoms with van der Waals surface area (Å²) in [7, 11) is 0. The zero-order valence-electron chi connectivity index (χ0n) is 13.0. The summed E-state index contributed by atoms with van der Waals surface area (Å²) >= 11 is 0. The van der Waals surface area contributed by atoms with Crippen LogP contribution in [0.4, 0.5) is 0 Å². The van der Waals surface area contributed by atoms with Crippen LogP contribution in [-0.2, 0) is 9.47 Å². The molecule has 0 saturated carbocycles. The van der Waals surface area contributed by atoms with E-state index in [9.17, 15) is 0 Å². The number of aliphatic hydroxyl groups is 1. The third-order valence-electron chi connectivity index (χ3n) is 4.37. The highest BCUT2D eigenvalue weighted by molar-refractivity contribution is 4.89. The molecule has 1 N–H and O–H groups in total. The third-order valence-corrected chi connectivity index (χ3v) is 4.37. The Balaban J connectivity index is 1.66. The van der Waals surface area contributed by atoms with Crippen LogP contribution in [0.3, 0.4) is 0 Å². The molecule has 0 aromatic carbocycles. The second kappa shape index (κ2) is 7.71. The molecular weight excluding hydrogens is 256 g/mol. The molecule has 2 saturated heterocycles. The second-order valence-electron chi connectivity index (χ2n) is 6.47. The summed E-state index contributed by atoms with van der Waals surface area (Å²) in [6, 6.07) is 0. The van der Waals surface area contributed by atoms with Gasteiger partial charge in [0.15, 0.2) is 6.29 Å². The predicted molar refractivity (Wildman–Crippen MR) is 78.7 cm³/mol. The van der Waals surface area contributed by atoms with Crippen LogP contribution in [0, 0.1) is 0 Å². The smallest absolute Gasteiger partial charge is 0.157 e. The van der Waals surface area contributed by atoms with Crippen molar-refractivity contribution in [3.8, 4) is 0 Å². The maximum absolute atomic E-state index is 9.11. The van der Waals surface area contributed by atoms with Gasteiger partial charge in [-0.15, -0.1) is 0 Å². The Morgan fingerprint density at radius 1 is 1.25 bits per heavy atom. The summed E-state index contributed by atoms with van der Waals surface area (Å²) in [4.78, 5) is 4.82. The van der Waals surface area contributed by atoms with Crippen molar-refractivity contribution in [3.05, 3.63) is 0 Å². The quantitative estimate of drug-likeness (QED) is 0.786. The molecule has 2 rings (SSSR count). The molecule has 0 radical (unpaired) electrons. The van der Waals surface area contributed by atoms with Crippen molar-refractivity contribution in [2.24, 2.45) is 0 Å². The normalized spacial score (nSPS) is 28.6. The molecule has 0 bridgehead atoms. The Bertz CT molecular complexity index is 280. The van der Waals surface area contributed by atoms with Crippen molar-refractivity contribution in [1.82, 2.24) is 9.80 Å². The minimum Gasteiger partial charge on any atom is -0.395 e. The van der Waals surface area contributed by atoms with Gasteiger partial charge in [0.05, 0.1) is 13.2 Å². The lowest BCUT2D eigenvalue weighted by Gasteiger charge is -2.47. The van der Waals surface area contributed by atoms with Crippen molar-refractivity contribution in [2.45, 2.75) is 44.9 Å². The lowest BCUT2D eigenvalue weighted by atomic mass is 9.99. The minimum atomic E-state index is 0.0208. The van der Waals surface area contributed by atoms with E-state index in [2.05, 4.69) is 23.6 Å². The van der Waals surface area contributed by atoms with Gasteiger partial charge in [-0.2, -0.15) is 0 Å². The van der Waals surface area contributed by atoms with Crippen LogP contribution < -0.4 is 0 Å². The van der Waals surface area contributed by atoms with Gasteiger partial charge in [0.2, 0.25) is 0 Å². The number of ether oxygens (including phenoxy) is 2. The zero-order chi connectivity index (χ0) is 14.4. The van der Waals surface area contributed by atoms with Gasteiger partial charge in [-0.25, -0.2) is 0 Å². The molecule has 0 aromatic heterocycles. The van der Waals surface area contributed by atoms with E-state index in [0.29, 0.717) is 0 Å². The summed E-state index contributed by atoms with van der Waals surface area (Å²) in [6.45, 7) is 11.2. The van der Waals surface area contributed by atoms with E-state index in [0.717, 1.165) is 52.4 Å². The number of piperazine rings is 1. The van der Waals surface area contributed by atoms with Gasteiger partial charge < -0.3 is 14.6 Å². The first-order valence-electron chi connectivity index (χ1n) is 7.93. The van der Waals surface area contributed by atoms with Gasteiger partial charge in [-0.3, -0.25) is 9.80 Å². The van der Waals surface area contributed by atoms with Crippen LogP contribution in [0.15, 0.2) is 0 Å². The summed E-state index contributed by atoms with van der Waals surface area (Å²) in [5.74, 6) is 0. The zero-order valence-corrected chi connectivity index (χ0v) is 13.0.